The molecule has 1 aromatic carbocycles. The predicted octanol–water partition coefficient (Wildman–Crippen LogP) is 2.07. The van der Waals surface area contributed by atoms with E-state index < -0.39 is 0 Å². The van der Waals surface area contributed by atoms with Gasteiger partial charge < -0.3 is 14.9 Å². The van der Waals surface area contributed by atoms with Gasteiger partial charge in [0.05, 0.1) is 29.6 Å². The lowest BCUT2D eigenvalue weighted by Gasteiger charge is -2.21. The second-order valence-electron chi connectivity index (χ2n) is 6.58. The number of hydrogen-bond acceptors (Lipinski definition) is 4. The van der Waals surface area contributed by atoms with E-state index in [2.05, 4.69) is 57.9 Å². The van der Waals surface area contributed by atoms with Crippen LogP contribution in [0.1, 0.15) is 24.1 Å². The lowest BCUT2D eigenvalue weighted by atomic mass is 10.1. The molecule has 2 aromatic heterocycles. The van der Waals surface area contributed by atoms with Crippen LogP contribution in [0.3, 0.4) is 0 Å². The highest BCUT2D eigenvalue weighted by Crippen LogP contribution is 2.48. The van der Waals surface area contributed by atoms with Gasteiger partial charge in [0, 0.05) is 30.8 Å². The second kappa shape index (κ2) is 5.58. The first-order valence-electron chi connectivity index (χ1n) is 8.18. The summed E-state index contributed by atoms with van der Waals surface area (Å²) in [6, 6.07) is 6.29. The molecule has 1 aliphatic carbocycles. The molecular weight excluding hydrogens is 300 g/mol. The van der Waals surface area contributed by atoms with Crippen molar-refractivity contribution in [2.45, 2.75) is 24.9 Å². The maximum absolute atomic E-state index is 5.89. The fourth-order valence-electron chi connectivity index (χ4n) is 3.28. The molecule has 0 saturated heterocycles. The molecule has 1 aliphatic rings. The number of nitrogens with zero attached hydrogens (tertiary/aromatic N) is 5. The first kappa shape index (κ1) is 15.1. The fraction of sp³-hybridized carbons (Fsp3) is 0.333. The second-order valence-corrected chi connectivity index (χ2v) is 6.58. The van der Waals surface area contributed by atoms with E-state index in [-0.39, 0.29) is 5.54 Å². The van der Waals surface area contributed by atoms with Crippen molar-refractivity contribution in [3.05, 3.63) is 60.7 Å². The monoisotopic (exact) mass is 322 g/mol. The molecule has 24 heavy (non-hydrogen) atoms. The minimum Gasteiger partial charge on any atom is -0.326 e. The highest BCUT2D eigenvalue weighted by atomic mass is 15.2. The van der Waals surface area contributed by atoms with Gasteiger partial charge in [-0.25, -0.2) is 9.97 Å². The van der Waals surface area contributed by atoms with Gasteiger partial charge in [-0.2, -0.15) is 0 Å². The zero-order valence-electron chi connectivity index (χ0n) is 14.1. The summed E-state index contributed by atoms with van der Waals surface area (Å²) in [5.74, 6) is 0. The number of aromatic nitrogens is 4. The summed E-state index contributed by atoms with van der Waals surface area (Å²) in [7, 11) is 4.25. The van der Waals surface area contributed by atoms with E-state index in [1.807, 2.05) is 17.1 Å². The van der Waals surface area contributed by atoms with Gasteiger partial charge in [0.15, 0.2) is 0 Å². The Labute approximate surface area is 141 Å². The predicted molar refractivity (Wildman–Crippen MR) is 93.2 cm³/mol. The van der Waals surface area contributed by atoms with Gasteiger partial charge in [-0.1, -0.05) is 6.07 Å². The standard InChI is InChI=1S/C18H22N6/c1-22(2)18(5-6-18)17-11-24(13-21-17)15-4-3-14(10-19)16(9-15)23-8-7-20-12-23/h3-4,7-9,11-13H,5-6,10,19H2,1-2H3. The van der Waals surface area contributed by atoms with Gasteiger partial charge in [0.2, 0.25) is 0 Å². The molecule has 124 valence electrons. The molecule has 0 aliphatic heterocycles. The van der Waals surface area contributed by atoms with E-state index >= 15 is 0 Å². The average Bonchev–Trinajstić information content (AvgIpc) is 3.02. The van der Waals surface area contributed by atoms with Crippen LogP contribution in [0.2, 0.25) is 0 Å². The Morgan fingerprint density at radius 1 is 1.21 bits per heavy atom. The first-order valence-corrected chi connectivity index (χ1v) is 8.18. The van der Waals surface area contributed by atoms with E-state index in [0.717, 1.165) is 22.6 Å². The first-order chi connectivity index (χ1) is 11.6. The molecule has 1 saturated carbocycles. The maximum atomic E-state index is 5.89. The normalized spacial score (nSPS) is 15.8. The van der Waals surface area contributed by atoms with Crippen LogP contribution < -0.4 is 5.73 Å². The molecule has 0 atom stereocenters. The van der Waals surface area contributed by atoms with Gasteiger partial charge in [-0.3, -0.25) is 4.90 Å². The lowest BCUT2D eigenvalue weighted by Crippen LogP contribution is -2.27. The quantitative estimate of drug-likeness (QED) is 0.781. The number of nitrogens with two attached hydrogens (primary N) is 1. The molecule has 2 heterocycles. The Morgan fingerprint density at radius 2 is 2.04 bits per heavy atom. The average molecular weight is 322 g/mol. The number of hydrogen-bond donors (Lipinski definition) is 1. The lowest BCUT2D eigenvalue weighted by molar-refractivity contribution is 0.270. The van der Waals surface area contributed by atoms with Crippen LogP contribution in [0.15, 0.2) is 49.4 Å². The summed E-state index contributed by atoms with van der Waals surface area (Å²) in [6.07, 6.45) is 11.9. The Bertz CT molecular complexity index is 842. The molecule has 6 nitrogen and oxygen atoms in total. The number of benzene rings is 1. The molecular formula is C18H22N6. The van der Waals surface area contributed by atoms with Crippen molar-refractivity contribution in [3.8, 4) is 11.4 Å². The van der Waals surface area contributed by atoms with Gasteiger partial charge in [0.1, 0.15) is 0 Å². The highest BCUT2D eigenvalue weighted by molar-refractivity contribution is 5.50. The third-order valence-corrected chi connectivity index (χ3v) is 5.01. The third-order valence-electron chi connectivity index (χ3n) is 5.01. The van der Waals surface area contributed by atoms with Crippen molar-refractivity contribution in [2.75, 3.05) is 14.1 Å². The van der Waals surface area contributed by atoms with Crippen LogP contribution in [0.4, 0.5) is 0 Å². The number of imidazole rings is 2. The van der Waals surface area contributed by atoms with Gasteiger partial charge >= 0.3 is 0 Å². The summed E-state index contributed by atoms with van der Waals surface area (Å²) in [4.78, 5) is 11.1. The summed E-state index contributed by atoms with van der Waals surface area (Å²) < 4.78 is 4.07. The molecule has 4 rings (SSSR count). The van der Waals surface area contributed by atoms with Crippen LogP contribution in [-0.2, 0) is 12.1 Å². The van der Waals surface area contributed by atoms with Crippen LogP contribution in [0.5, 0.6) is 0 Å². The smallest absolute Gasteiger partial charge is 0.0996 e. The molecule has 2 N–H and O–H groups in total. The molecule has 0 spiro atoms. The minimum absolute atomic E-state index is 0.121. The zero-order valence-corrected chi connectivity index (χ0v) is 14.1. The van der Waals surface area contributed by atoms with Gasteiger partial charge in [-0.05, 0) is 44.6 Å². The van der Waals surface area contributed by atoms with Crippen molar-refractivity contribution >= 4 is 0 Å². The van der Waals surface area contributed by atoms with Crippen molar-refractivity contribution in [2.24, 2.45) is 5.73 Å². The van der Waals surface area contributed by atoms with Gasteiger partial charge in [0.25, 0.3) is 0 Å². The third kappa shape index (κ3) is 2.35. The van der Waals surface area contributed by atoms with Crippen LogP contribution >= 0.6 is 0 Å². The molecule has 0 radical (unpaired) electrons. The highest BCUT2D eigenvalue weighted by Gasteiger charge is 2.48. The maximum Gasteiger partial charge on any atom is 0.0996 e. The van der Waals surface area contributed by atoms with E-state index in [1.165, 1.54) is 12.8 Å². The van der Waals surface area contributed by atoms with Crippen molar-refractivity contribution in [1.82, 2.24) is 24.0 Å². The molecule has 1 fully saturated rings. The van der Waals surface area contributed by atoms with E-state index in [1.54, 1.807) is 12.5 Å². The number of rotatable bonds is 5. The summed E-state index contributed by atoms with van der Waals surface area (Å²) >= 11 is 0. The topological polar surface area (TPSA) is 64.9 Å². The zero-order chi connectivity index (χ0) is 16.7. The Kier molecular flexibility index (Phi) is 3.51. The van der Waals surface area contributed by atoms with Crippen molar-refractivity contribution in [3.63, 3.8) is 0 Å². The van der Waals surface area contributed by atoms with Crippen molar-refractivity contribution < 1.29 is 0 Å². The minimum atomic E-state index is 0.121. The summed E-state index contributed by atoms with van der Waals surface area (Å²) in [5, 5.41) is 0. The molecule has 0 unspecified atom stereocenters. The van der Waals surface area contributed by atoms with E-state index in [0.29, 0.717) is 6.54 Å². The summed E-state index contributed by atoms with van der Waals surface area (Å²) in [5.41, 5.74) is 10.4. The van der Waals surface area contributed by atoms with Gasteiger partial charge in [-0.15, -0.1) is 0 Å². The Hall–Kier alpha value is -2.44. The molecule has 0 bridgehead atoms. The Morgan fingerprint density at radius 3 is 2.67 bits per heavy atom. The fourth-order valence-corrected chi connectivity index (χ4v) is 3.28. The van der Waals surface area contributed by atoms with Crippen molar-refractivity contribution in [1.29, 1.82) is 0 Å². The summed E-state index contributed by atoms with van der Waals surface area (Å²) in [6.45, 7) is 0.493. The molecule has 3 aromatic rings. The SMILES string of the molecule is CN(C)C1(c2cn(-c3ccc(CN)c(-n4ccnc4)c3)cn2)CC1. The molecule has 0 amide bonds. The van der Waals surface area contributed by atoms with Crippen LogP contribution in [0, 0.1) is 0 Å². The van der Waals surface area contributed by atoms with E-state index in [9.17, 15) is 0 Å². The van der Waals surface area contributed by atoms with Crippen LogP contribution in [-0.4, -0.2) is 38.1 Å². The van der Waals surface area contributed by atoms with Crippen LogP contribution in [0.25, 0.3) is 11.4 Å². The Balaban J connectivity index is 1.73. The molecule has 6 heteroatoms. The van der Waals surface area contributed by atoms with E-state index in [4.69, 9.17) is 5.73 Å². The largest absolute Gasteiger partial charge is 0.326 e.